The average molecular weight is 584 g/mol. The summed E-state index contributed by atoms with van der Waals surface area (Å²) in [6.45, 7) is 6.00. The Bertz CT molecular complexity index is 1590. The number of rotatable bonds is 6. The first-order chi connectivity index (χ1) is 20.2. The monoisotopic (exact) mass is 583 g/mol. The first-order valence-corrected chi connectivity index (χ1v) is 15.9. The Morgan fingerprint density at radius 2 is 1.88 bits per heavy atom. The van der Waals surface area contributed by atoms with Gasteiger partial charge in [0.2, 0.25) is 5.56 Å². The lowest BCUT2D eigenvalue weighted by Crippen LogP contribution is -2.41. The first-order valence-electron chi connectivity index (χ1n) is 14.3. The number of hydrogen-bond acceptors (Lipinski definition) is 8. The summed E-state index contributed by atoms with van der Waals surface area (Å²) >= 11 is 3.60. The standard InChI is InChI=1S/C32H33N5O2S2/c38-31-19-25(37-13-15-39-16-14-37)18-27(35-31)26-7-3-8-29-32(26)41-28-10-9-22(17-30(28)40-29)34-24-6-4-12-36(21-24)20-23-5-1-2-11-33-23/h1-3,5,7-11,17-19,24,34H,4,6,12-16,20-21H2,(H,35,38). The van der Waals surface area contributed by atoms with Gasteiger partial charge in [-0.1, -0.05) is 41.7 Å². The number of pyridine rings is 2. The zero-order valence-corrected chi connectivity index (χ0v) is 24.5. The number of fused-ring (bicyclic) bond motifs is 2. The summed E-state index contributed by atoms with van der Waals surface area (Å²) in [5.74, 6) is 0. The summed E-state index contributed by atoms with van der Waals surface area (Å²) < 4.78 is 5.51. The Hall–Kier alpha value is -3.24. The predicted molar refractivity (Wildman–Crippen MR) is 166 cm³/mol. The van der Waals surface area contributed by atoms with Crippen molar-refractivity contribution in [1.29, 1.82) is 0 Å². The Morgan fingerprint density at radius 1 is 0.951 bits per heavy atom. The molecule has 0 spiro atoms. The summed E-state index contributed by atoms with van der Waals surface area (Å²) in [6, 6.07) is 23.5. The molecule has 41 heavy (non-hydrogen) atoms. The van der Waals surface area contributed by atoms with Crippen LogP contribution < -0.4 is 15.8 Å². The van der Waals surface area contributed by atoms with Gasteiger partial charge in [0.15, 0.2) is 0 Å². The highest BCUT2D eigenvalue weighted by Gasteiger charge is 2.24. The van der Waals surface area contributed by atoms with Gasteiger partial charge in [-0.2, -0.15) is 0 Å². The molecule has 2 fully saturated rings. The average Bonchev–Trinajstić information content (AvgIpc) is 3.00. The van der Waals surface area contributed by atoms with Crippen LogP contribution >= 0.6 is 23.5 Å². The molecule has 3 aliphatic rings. The molecule has 7 rings (SSSR count). The molecule has 9 heteroatoms. The van der Waals surface area contributed by atoms with Crippen molar-refractivity contribution >= 4 is 34.9 Å². The number of likely N-dealkylation sites (tertiary alicyclic amines) is 1. The van der Waals surface area contributed by atoms with Crippen LogP contribution in [0.15, 0.2) is 97.3 Å². The highest BCUT2D eigenvalue weighted by atomic mass is 32.2. The van der Waals surface area contributed by atoms with Crippen LogP contribution in [0.25, 0.3) is 11.3 Å². The number of anilines is 2. The molecule has 1 unspecified atom stereocenters. The van der Waals surface area contributed by atoms with Gasteiger partial charge in [-0.05, 0) is 61.9 Å². The van der Waals surface area contributed by atoms with Crippen LogP contribution in [0.1, 0.15) is 18.5 Å². The Kier molecular flexibility index (Phi) is 7.76. The molecule has 3 aliphatic heterocycles. The van der Waals surface area contributed by atoms with Gasteiger partial charge in [-0.15, -0.1) is 0 Å². The summed E-state index contributed by atoms with van der Waals surface area (Å²) in [4.78, 5) is 29.9. The Morgan fingerprint density at radius 3 is 2.76 bits per heavy atom. The van der Waals surface area contributed by atoms with E-state index in [1.165, 1.54) is 38.1 Å². The highest BCUT2D eigenvalue weighted by Crippen LogP contribution is 2.52. The maximum atomic E-state index is 12.7. The van der Waals surface area contributed by atoms with Crippen molar-refractivity contribution in [3.63, 3.8) is 0 Å². The number of nitrogens with one attached hydrogen (secondary N) is 2. The van der Waals surface area contributed by atoms with Crippen LogP contribution in [0.5, 0.6) is 0 Å². The minimum Gasteiger partial charge on any atom is -0.381 e. The Balaban J connectivity index is 1.08. The Labute approximate surface area is 248 Å². The topological polar surface area (TPSA) is 73.5 Å². The van der Waals surface area contributed by atoms with E-state index in [2.05, 4.69) is 79.7 Å². The zero-order valence-electron chi connectivity index (χ0n) is 22.8. The van der Waals surface area contributed by atoms with Crippen LogP contribution in [-0.4, -0.2) is 60.3 Å². The quantitative estimate of drug-likeness (QED) is 0.254. The molecular weight excluding hydrogens is 551 g/mol. The number of morpholine rings is 1. The fourth-order valence-corrected chi connectivity index (χ4v) is 8.27. The van der Waals surface area contributed by atoms with Crippen molar-refractivity contribution in [3.05, 3.63) is 89.0 Å². The normalized spacial score (nSPS) is 18.9. The van der Waals surface area contributed by atoms with Crippen molar-refractivity contribution in [1.82, 2.24) is 14.9 Å². The maximum absolute atomic E-state index is 12.7. The molecule has 0 saturated carbocycles. The minimum atomic E-state index is -0.0764. The van der Waals surface area contributed by atoms with Gasteiger partial charge in [0.1, 0.15) is 0 Å². The van der Waals surface area contributed by atoms with Gasteiger partial charge < -0.3 is 19.9 Å². The number of ether oxygens (including phenoxy) is 1. The predicted octanol–water partition coefficient (Wildman–Crippen LogP) is 5.97. The lowest BCUT2D eigenvalue weighted by atomic mass is 10.0. The van der Waals surface area contributed by atoms with E-state index in [1.807, 2.05) is 24.0 Å². The molecule has 2 saturated heterocycles. The summed E-state index contributed by atoms with van der Waals surface area (Å²) in [7, 11) is 0. The summed E-state index contributed by atoms with van der Waals surface area (Å²) in [5.41, 5.74) is 5.10. The van der Waals surface area contributed by atoms with E-state index in [0.717, 1.165) is 55.4 Å². The lowest BCUT2D eigenvalue weighted by molar-refractivity contribution is 0.122. The largest absolute Gasteiger partial charge is 0.381 e. The van der Waals surface area contributed by atoms with E-state index >= 15 is 0 Å². The van der Waals surface area contributed by atoms with E-state index in [9.17, 15) is 4.79 Å². The van der Waals surface area contributed by atoms with E-state index in [-0.39, 0.29) is 5.56 Å². The van der Waals surface area contributed by atoms with Crippen LogP contribution in [0.3, 0.4) is 0 Å². The van der Waals surface area contributed by atoms with Crippen LogP contribution in [-0.2, 0) is 11.3 Å². The number of piperidine rings is 1. The van der Waals surface area contributed by atoms with E-state index in [1.54, 1.807) is 17.8 Å². The molecule has 2 aromatic carbocycles. The molecule has 210 valence electrons. The third kappa shape index (κ3) is 6.04. The van der Waals surface area contributed by atoms with E-state index < -0.39 is 0 Å². The molecule has 0 amide bonds. The van der Waals surface area contributed by atoms with Crippen molar-refractivity contribution in [2.45, 2.75) is 45.0 Å². The number of benzene rings is 2. The molecule has 7 nitrogen and oxygen atoms in total. The molecule has 0 aliphatic carbocycles. The van der Waals surface area contributed by atoms with Gasteiger partial charge >= 0.3 is 0 Å². The van der Waals surface area contributed by atoms with Gasteiger partial charge in [0, 0.05) is 81.0 Å². The number of aromatic nitrogens is 2. The second-order valence-corrected chi connectivity index (χ2v) is 12.9. The molecule has 5 heterocycles. The van der Waals surface area contributed by atoms with Crippen molar-refractivity contribution in [2.24, 2.45) is 0 Å². The third-order valence-corrected chi connectivity index (χ3v) is 10.4. The van der Waals surface area contributed by atoms with Gasteiger partial charge in [0.05, 0.1) is 24.6 Å². The lowest BCUT2D eigenvalue weighted by Gasteiger charge is -2.33. The van der Waals surface area contributed by atoms with Crippen molar-refractivity contribution in [3.8, 4) is 11.3 Å². The fraction of sp³-hybridized carbons (Fsp3) is 0.312. The molecule has 0 radical (unpaired) electrons. The van der Waals surface area contributed by atoms with E-state index in [0.29, 0.717) is 19.3 Å². The smallest absolute Gasteiger partial charge is 0.250 e. The maximum Gasteiger partial charge on any atom is 0.250 e. The first kappa shape index (κ1) is 26.6. The number of hydrogen-bond donors (Lipinski definition) is 2. The second kappa shape index (κ2) is 11.9. The number of H-pyrrole nitrogens is 1. The SMILES string of the molecule is O=c1cc(N2CCOCC2)cc(-c2cccc3c2Sc2ccc(NC4CCCN(Cc5ccccn5)C4)cc2S3)[nH]1. The van der Waals surface area contributed by atoms with Gasteiger partial charge in [-0.25, -0.2) is 0 Å². The summed E-state index contributed by atoms with van der Waals surface area (Å²) in [5, 5.41) is 3.81. The van der Waals surface area contributed by atoms with Crippen molar-refractivity contribution in [2.75, 3.05) is 49.6 Å². The second-order valence-electron chi connectivity index (χ2n) is 10.8. The zero-order chi connectivity index (χ0) is 27.6. The molecule has 1 atom stereocenters. The minimum absolute atomic E-state index is 0.0764. The molecule has 4 aromatic rings. The van der Waals surface area contributed by atoms with Crippen LogP contribution in [0.2, 0.25) is 0 Å². The molecular formula is C32H33N5O2S2. The van der Waals surface area contributed by atoms with Gasteiger partial charge in [0.25, 0.3) is 0 Å². The van der Waals surface area contributed by atoms with Crippen LogP contribution in [0.4, 0.5) is 11.4 Å². The summed E-state index contributed by atoms with van der Waals surface area (Å²) in [6.07, 6.45) is 4.23. The molecule has 2 aromatic heterocycles. The number of nitrogens with zero attached hydrogens (tertiary/aromatic N) is 3. The number of aromatic amines is 1. The van der Waals surface area contributed by atoms with Crippen molar-refractivity contribution < 1.29 is 4.74 Å². The molecule has 2 N–H and O–H groups in total. The van der Waals surface area contributed by atoms with Crippen LogP contribution in [0, 0.1) is 0 Å². The highest BCUT2D eigenvalue weighted by molar-refractivity contribution is 8.05. The molecule has 0 bridgehead atoms. The van der Waals surface area contributed by atoms with E-state index in [4.69, 9.17) is 4.74 Å². The fourth-order valence-electron chi connectivity index (χ4n) is 5.86. The van der Waals surface area contributed by atoms with Gasteiger partial charge in [-0.3, -0.25) is 14.7 Å². The third-order valence-electron chi connectivity index (χ3n) is 7.84.